The Kier molecular flexibility index (Phi) is 4.43. The second-order valence-electron chi connectivity index (χ2n) is 5.17. The van der Waals surface area contributed by atoms with Crippen LogP contribution in [0.15, 0.2) is 24.3 Å². The molecule has 0 heterocycles. The first kappa shape index (κ1) is 12.4. The molecule has 94 valence electrons. The summed E-state index contributed by atoms with van der Waals surface area (Å²) in [6, 6.07) is 8.49. The van der Waals surface area contributed by atoms with Gasteiger partial charge >= 0.3 is 0 Å². The van der Waals surface area contributed by atoms with E-state index in [4.69, 9.17) is 10.5 Å². The molecule has 0 radical (unpaired) electrons. The predicted molar refractivity (Wildman–Crippen MR) is 71.2 cm³/mol. The smallest absolute Gasteiger partial charge is 0.118 e. The molecule has 1 aliphatic rings. The second kappa shape index (κ2) is 6.06. The number of nitrogens with two attached hydrogens (primary N) is 1. The van der Waals surface area contributed by atoms with Gasteiger partial charge in [0.1, 0.15) is 5.75 Å². The first-order valence-corrected chi connectivity index (χ1v) is 6.65. The second-order valence-corrected chi connectivity index (χ2v) is 5.17. The van der Waals surface area contributed by atoms with Gasteiger partial charge in [0.15, 0.2) is 0 Å². The lowest BCUT2D eigenvalue weighted by Crippen LogP contribution is -2.22. The third-order valence-corrected chi connectivity index (χ3v) is 3.98. The average Bonchev–Trinajstić information content (AvgIpc) is 2.40. The summed E-state index contributed by atoms with van der Waals surface area (Å²) in [5.41, 5.74) is 7.15. The van der Waals surface area contributed by atoms with Gasteiger partial charge < -0.3 is 10.5 Å². The number of ether oxygens (including phenoxy) is 1. The Bertz CT molecular complexity index is 325. The highest BCUT2D eigenvalue weighted by Crippen LogP contribution is 2.30. The highest BCUT2D eigenvalue weighted by molar-refractivity contribution is 5.27. The van der Waals surface area contributed by atoms with Crippen LogP contribution in [-0.4, -0.2) is 13.7 Å². The monoisotopic (exact) mass is 233 g/mol. The summed E-state index contributed by atoms with van der Waals surface area (Å²) >= 11 is 0. The summed E-state index contributed by atoms with van der Waals surface area (Å²) in [6.45, 7) is 0.870. The van der Waals surface area contributed by atoms with Gasteiger partial charge in [-0.2, -0.15) is 0 Å². The largest absolute Gasteiger partial charge is 0.497 e. The van der Waals surface area contributed by atoms with Crippen LogP contribution >= 0.6 is 0 Å². The zero-order chi connectivity index (χ0) is 12.1. The van der Waals surface area contributed by atoms with E-state index in [1.165, 1.54) is 37.7 Å². The molecule has 2 N–H and O–H groups in total. The van der Waals surface area contributed by atoms with Gasteiger partial charge in [-0.1, -0.05) is 12.1 Å². The molecule has 2 rings (SSSR count). The molecule has 1 aliphatic carbocycles. The molecule has 0 spiro atoms. The topological polar surface area (TPSA) is 35.2 Å². The summed E-state index contributed by atoms with van der Waals surface area (Å²) in [7, 11) is 1.71. The van der Waals surface area contributed by atoms with Gasteiger partial charge in [-0.3, -0.25) is 0 Å². The molecule has 2 heteroatoms. The van der Waals surface area contributed by atoms with E-state index in [2.05, 4.69) is 24.3 Å². The van der Waals surface area contributed by atoms with Crippen molar-refractivity contribution in [2.75, 3.05) is 13.7 Å². The number of rotatable bonds is 4. The lowest BCUT2D eigenvalue weighted by atomic mass is 9.79. The van der Waals surface area contributed by atoms with Crippen molar-refractivity contribution in [2.24, 2.45) is 17.6 Å². The Balaban J connectivity index is 1.84. The predicted octanol–water partition coefficient (Wildman–Crippen LogP) is 3.00. The first-order chi connectivity index (χ1) is 8.31. The van der Waals surface area contributed by atoms with Crippen molar-refractivity contribution in [3.8, 4) is 5.75 Å². The average molecular weight is 233 g/mol. The van der Waals surface area contributed by atoms with E-state index in [0.29, 0.717) is 0 Å². The van der Waals surface area contributed by atoms with E-state index >= 15 is 0 Å². The maximum atomic E-state index is 5.72. The van der Waals surface area contributed by atoms with E-state index in [-0.39, 0.29) is 0 Å². The Labute approximate surface area is 104 Å². The van der Waals surface area contributed by atoms with Crippen molar-refractivity contribution in [2.45, 2.75) is 32.1 Å². The molecule has 1 aromatic rings. The molecule has 1 fully saturated rings. The van der Waals surface area contributed by atoms with Gasteiger partial charge in [0.05, 0.1) is 7.11 Å². The molecule has 17 heavy (non-hydrogen) atoms. The Hall–Kier alpha value is -1.02. The van der Waals surface area contributed by atoms with Crippen molar-refractivity contribution < 1.29 is 4.74 Å². The van der Waals surface area contributed by atoms with Crippen LogP contribution in [0.25, 0.3) is 0 Å². The maximum absolute atomic E-state index is 5.72. The number of hydrogen-bond acceptors (Lipinski definition) is 2. The van der Waals surface area contributed by atoms with Crippen molar-refractivity contribution in [1.82, 2.24) is 0 Å². The van der Waals surface area contributed by atoms with E-state index < -0.39 is 0 Å². The van der Waals surface area contributed by atoms with E-state index in [1.807, 2.05) is 0 Å². The molecule has 0 amide bonds. The van der Waals surface area contributed by atoms with Gasteiger partial charge in [-0.15, -0.1) is 0 Å². The van der Waals surface area contributed by atoms with Gasteiger partial charge in [0.25, 0.3) is 0 Å². The van der Waals surface area contributed by atoms with Crippen LogP contribution in [0.5, 0.6) is 5.75 Å². The molecule has 1 aromatic carbocycles. The zero-order valence-electron chi connectivity index (χ0n) is 10.7. The van der Waals surface area contributed by atoms with Crippen molar-refractivity contribution >= 4 is 0 Å². The maximum Gasteiger partial charge on any atom is 0.118 e. The standard InChI is InChI=1S/C15H23NO/c1-17-15-8-6-13(7-9-15)10-12-2-4-14(11-16)5-3-12/h6-9,12,14H,2-5,10-11,16H2,1H3/t12-,14+. The zero-order valence-corrected chi connectivity index (χ0v) is 10.7. The van der Waals surface area contributed by atoms with Crippen LogP contribution in [0, 0.1) is 11.8 Å². The molecule has 0 atom stereocenters. The van der Waals surface area contributed by atoms with Crippen molar-refractivity contribution in [1.29, 1.82) is 0 Å². The Morgan fingerprint density at radius 1 is 1.06 bits per heavy atom. The quantitative estimate of drug-likeness (QED) is 0.867. The van der Waals surface area contributed by atoms with Crippen LogP contribution in [0.2, 0.25) is 0 Å². The SMILES string of the molecule is COc1ccc(C[C@H]2CC[C@@H](CN)CC2)cc1. The summed E-state index contributed by atoms with van der Waals surface area (Å²) in [4.78, 5) is 0. The fourth-order valence-corrected chi connectivity index (χ4v) is 2.77. The van der Waals surface area contributed by atoms with Gasteiger partial charge in [-0.05, 0) is 68.2 Å². The minimum absolute atomic E-state index is 0.780. The van der Waals surface area contributed by atoms with Crippen molar-refractivity contribution in [3.63, 3.8) is 0 Å². The molecule has 0 unspecified atom stereocenters. The highest BCUT2D eigenvalue weighted by Gasteiger charge is 2.20. The van der Waals surface area contributed by atoms with E-state index in [0.717, 1.165) is 24.1 Å². The lowest BCUT2D eigenvalue weighted by Gasteiger charge is -2.27. The summed E-state index contributed by atoms with van der Waals surface area (Å²) < 4.78 is 5.17. The van der Waals surface area contributed by atoms with Crippen LogP contribution in [0.1, 0.15) is 31.2 Å². The van der Waals surface area contributed by atoms with Crippen LogP contribution in [0.4, 0.5) is 0 Å². The van der Waals surface area contributed by atoms with Gasteiger partial charge in [0.2, 0.25) is 0 Å². The third-order valence-electron chi connectivity index (χ3n) is 3.98. The molecule has 2 nitrogen and oxygen atoms in total. The van der Waals surface area contributed by atoms with Gasteiger partial charge in [-0.25, -0.2) is 0 Å². The Morgan fingerprint density at radius 2 is 1.65 bits per heavy atom. The molecule has 0 saturated heterocycles. The molecular formula is C15H23NO. The highest BCUT2D eigenvalue weighted by atomic mass is 16.5. The third kappa shape index (κ3) is 3.47. The van der Waals surface area contributed by atoms with E-state index in [1.54, 1.807) is 7.11 Å². The summed E-state index contributed by atoms with van der Waals surface area (Å²) in [6.07, 6.45) is 6.53. The van der Waals surface area contributed by atoms with Crippen LogP contribution in [-0.2, 0) is 6.42 Å². The number of methoxy groups -OCH3 is 1. The molecule has 0 bridgehead atoms. The molecule has 0 aromatic heterocycles. The number of benzene rings is 1. The molecule has 0 aliphatic heterocycles. The summed E-state index contributed by atoms with van der Waals surface area (Å²) in [5, 5.41) is 0. The normalized spacial score (nSPS) is 24.6. The molecular weight excluding hydrogens is 210 g/mol. The Morgan fingerprint density at radius 3 is 2.18 bits per heavy atom. The van der Waals surface area contributed by atoms with Gasteiger partial charge in [0, 0.05) is 0 Å². The van der Waals surface area contributed by atoms with E-state index in [9.17, 15) is 0 Å². The fraction of sp³-hybridized carbons (Fsp3) is 0.600. The minimum Gasteiger partial charge on any atom is -0.497 e. The molecule has 1 saturated carbocycles. The van der Waals surface area contributed by atoms with Crippen molar-refractivity contribution in [3.05, 3.63) is 29.8 Å². The first-order valence-electron chi connectivity index (χ1n) is 6.65. The van der Waals surface area contributed by atoms with Crippen LogP contribution in [0.3, 0.4) is 0 Å². The number of hydrogen-bond donors (Lipinski definition) is 1. The summed E-state index contributed by atoms with van der Waals surface area (Å²) in [5.74, 6) is 2.58. The van der Waals surface area contributed by atoms with Crippen LogP contribution < -0.4 is 10.5 Å². The minimum atomic E-state index is 0.780. The lowest BCUT2D eigenvalue weighted by molar-refractivity contribution is 0.278. The fourth-order valence-electron chi connectivity index (χ4n) is 2.77.